The van der Waals surface area contributed by atoms with Crippen molar-refractivity contribution >= 4 is 17.3 Å². The van der Waals surface area contributed by atoms with Gasteiger partial charge in [0.1, 0.15) is 0 Å². The fourth-order valence-electron chi connectivity index (χ4n) is 6.49. The molecule has 2 aromatic heterocycles. The third kappa shape index (κ3) is 4.41. The van der Waals surface area contributed by atoms with Gasteiger partial charge in [-0.15, -0.1) is 0 Å². The van der Waals surface area contributed by atoms with Crippen molar-refractivity contribution in [2.75, 3.05) is 13.1 Å². The molecule has 5 rings (SSSR count). The van der Waals surface area contributed by atoms with Crippen LogP contribution in [0.1, 0.15) is 59.1 Å². The van der Waals surface area contributed by atoms with Crippen molar-refractivity contribution in [3.8, 4) is 17.3 Å². The highest BCUT2D eigenvalue weighted by Gasteiger charge is 2.61. The summed E-state index contributed by atoms with van der Waals surface area (Å²) < 4.78 is 3.34. The summed E-state index contributed by atoms with van der Waals surface area (Å²) in [6.07, 6.45) is -0.0241. The fraction of sp³-hybridized carbons (Fsp3) is 0.533. The van der Waals surface area contributed by atoms with Gasteiger partial charge < -0.3 is 5.11 Å². The number of nitrogens with zero attached hydrogens (tertiary/aromatic N) is 6. The first-order valence-electron chi connectivity index (χ1n) is 13.5. The Balaban J connectivity index is 1.49. The number of likely N-dealkylation sites (tertiary alicyclic amines) is 2. The number of amides is 1. The molecule has 1 amide bonds. The number of hydrogen-bond donors (Lipinski definition) is 1. The number of carbonyl (C=O) groups is 1. The molecule has 2 fully saturated rings. The summed E-state index contributed by atoms with van der Waals surface area (Å²) in [5.74, 6) is 0. The van der Waals surface area contributed by atoms with E-state index in [4.69, 9.17) is 4.98 Å². The number of aromatic nitrogens is 3. The number of piperazine rings is 1. The largest absolute Gasteiger partial charge is 0.465 e. The summed E-state index contributed by atoms with van der Waals surface area (Å²) >= 11 is 0. The standard InChI is InChI=1S/C30H38N6O3/c1-28(2,3)17-35-24-11-10-23(32-25(24)33(7)26(35)37)22-12-19(8-9-20(22)14-31)15-34-18-30(29(4,5)6)13-21(34)16-36(30)27(38)39/h8-12,21H,13,15-18H2,1-7H3,(H,38,39)/t21-,30+/m0/s1. The maximum absolute atomic E-state index is 13.0. The number of benzene rings is 1. The van der Waals surface area contributed by atoms with Gasteiger partial charge in [0, 0.05) is 44.8 Å². The third-order valence-electron chi connectivity index (χ3n) is 8.57. The van der Waals surface area contributed by atoms with Crippen LogP contribution >= 0.6 is 0 Å². The Morgan fingerprint density at radius 1 is 1.18 bits per heavy atom. The average Bonchev–Trinajstić information content (AvgIpc) is 3.49. The molecule has 2 atom stereocenters. The zero-order chi connectivity index (χ0) is 28.5. The SMILES string of the molecule is Cn1c(=O)n(CC(C)(C)C)c2ccc(-c3cc(CN4C[C@@]5(C(C)(C)C)C[C@H]4CN5C(=O)O)ccc3C#N)nc21. The van der Waals surface area contributed by atoms with Gasteiger partial charge in [-0.25, -0.2) is 14.6 Å². The molecule has 1 N–H and O–H groups in total. The van der Waals surface area contributed by atoms with E-state index >= 15 is 0 Å². The number of pyridine rings is 1. The van der Waals surface area contributed by atoms with Crippen LogP contribution < -0.4 is 5.69 Å². The van der Waals surface area contributed by atoms with E-state index in [0.717, 1.165) is 23.1 Å². The second-order valence-electron chi connectivity index (χ2n) is 13.5. The second kappa shape index (κ2) is 8.95. The smallest absolute Gasteiger partial charge is 0.407 e. The molecule has 0 aliphatic carbocycles. The van der Waals surface area contributed by atoms with Crippen LogP contribution in [-0.2, 0) is 20.1 Å². The summed E-state index contributed by atoms with van der Waals surface area (Å²) in [4.78, 5) is 33.9. The van der Waals surface area contributed by atoms with Crippen molar-refractivity contribution in [1.29, 1.82) is 5.26 Å². The molecule has 2 saturated heterocycles. The van der Waals surface area contributed by atoms with E-state index in [2.05, 4.69) is 52.5 Å². The van der Waals surface area contributed by atoms with Crippen LogP contribution in [-0.4, -0.2) is 59.8 Å². The average molecular weight is 531 g/mol. The van der Waals surface area contributed by atoms with Gasteiger partial charge in [-0.05, 0) is 47.1 Å². The molecule has 0 radical (unpaired) electrons. The lowest BCUT2D eigenvalue weighted by molar-refractivity contribution is 0.000908. The molecule has 0 unspecified atom stereocenters. The Bertz CT molecular complexity index is 1560. The summed E-state index contributed by atoms with van der Waals surface area (Å²) in [6.45, 7) is 15.1. The van der Waals surface area contributed by atoms with E-state index in [-0.39, 0.29) is 22.6 Å². The minimum atomic E-state index is -0.847. The third-order valence-corrected chi connectivity index (χ3v) is 8.57. The maximum Gasteiger partial charge on any atom is 0.407 e. The lowest BCUT2D eigenvalue weighted by Gasteiger charge is -2.48. The van der Waals surface area contributed by atoms with Crippen LogP contribution in [0.5, 0.6) is 0 Å². The molecule has 4 heterocycles. The van der Waals surface area contributed by atoms with Crippen molar-refractivity contribution in [2.45, 2.75) is 72.6 Å². The number of hydrogen-bond acceptors (Lipinski definition) is 5. The fourth-order valence-corrected chi connectivity index (χ4v) is 6.49. The van der Waals surface area contributed by atoms with Gasteiger partial charge in [0.15, 0.2) is 5.65 Å². The molecule has 0 spiro atoms. The molecular weight excluding hydrogens is 492 g/mol. The molecule has 2 aliphatic heterocycles. The lowest BCUT2D eigenvalue weighted by atomic mass is 9.73. The Morgan fingerprint density at radius 3 is 2.51 bits per heavy atom. The van der Waals surface area contributed by atoms with E-state index in [0.29, 0.717) is 43.1 Å². The van der Waals surface area contributed by atoms with Crippen molar-refractivity contribution in [1.82, 2.24) is 23.9 Å². The van der Waals surface area contributed by atoms with Gasteiger partial charge in [-0.2, -0.15) is 5.26 Å². The maximum atomic E-state index is 13.0. The predicted octanol–water partition coefficient (Wildman–Crippen LogP) is 4.67. The predicted molar refractivity (Wildman–Crippen MR) is 150 cm³/mol. The zero-order valence-electron chi connectivity index (χ0n) is 23.9. The van der Waals surface area contributed by atoms with E-state index in [1.165, 1.54) is 0 Å². The zero-order valence-corrected chi connectivity index (χ0v) is 23.9. The highest BCUT2D eigenvalue weighted by Crippen LogP contribution is 2.50. The van der Waals surface area contributed by atoms with Crippen molar-refractivity contribution < 1.29 is 9.90 Å². The van der Waals surface area contributed by atoms with Crippen molar-refractivity contribution in [2.24, 2.45) is 17.9 Å². The molecular formula is C30H38N6O3. The quantitative estimate of drug-likeness (QED) is 0.525. The van der Waals surface area contributed by atoms with Crippen LogP contribution in [0.4, 0.5) is 4.79 Å². The summed E-state index contributed by atoms with van der Waals surface area (Å²) in [5.41, 5.74) is 3.53. The van der Waals surface area contributed by atoms with Gasteiger partial charge in [-0.1, -0.05) is 47.6 Å². The Kier molecular flexibility index (Phi) is 6.18. The molecule has 3 aromatic rings. The molecule has 9 heteroatoms. The highest BCUT2D eigenvalue weighted by atomic mass is 16.4. The van der Waals surface area contributed by atoms with Gasteiger partial charge >= 0.3 is 11.8 Å². The summed E-state index contributed by atoms with van der Waals surface area (Å²) in [5, 5.41) is 19.8. The van der Waals surface area contributed by atoms with E-state index in [9.17, 15) is 20.0 Å². The molecule has 0 saturated carbocycles. The topological polar surface area (TPSA) is 107 Å². The molecule has 2 bridgehead atoms. The molecule has 206 valence electrons. The second-order valence-corrected chi connectivity index (χ2v) is 13.5. The van der Waals surface area contributed by atoms with Crippen LogP contribution in [0.3, 0.4) is 0 Å². The first-order valence-corrected chi connectivity index (χ1v) is 13.5. The monoisotopic (exact) mass is 530 g/mol. The highest BCUT2D eigenvalue weighted by molar-refractivity contribution is 5.78. The van der Waals surface area contributed by atoms with Gasteiger partial charge in [-0.3, -0.25) is 18.9 Å². The number of rotatable bonds is 4. The summed E-state index contributed by atoms with van der Waals surface area (Å²) in [7, 11) is 1.73. The molecule has 39 heavy (non-hydrogen) atoms. The summed E-state index contributed by atoms with van der Waals surface area (Å²) in [6, 6.07) is 12.1. The molecule has 9 nitrogen and oxygen atoms in total. The van der Waals surface area contributed by atoms with Crippen LogP contribution in [0.15, 0.2) is 35.1 Å². The number of fused-ring (bicyclic) bond motifs is 3. The van der Waals surface area contributed by atoms with E-state index in [1.54, 1.807) is 21.1 Å². The lowest BCUT2D eigenvalue weighted by Crippen LogP contribution is -2.61. The number of carboxylic acid groups (broad SMARTS) is 1. The van der Waals surface area contributed by atoms with E-state index < -0.39 is 11.6 Å². The molecule has 1 aromatic carbocycles. The van der Waals surface area contributed by atoms with Crippen molar-refractivity contribution in [3.63, 3.8) is 0 Å². The van der Waals surface area contributed by atoms with Crippen molar-refractivity contribution in [3.05, 3.63) is 51.9 Å². The first-order chi connectivity index (χ1) is 18.1. The van der Waals surface area contributed by atoms with Crippen LogP contribution in [0, 0.1) is 22.2 Å². The number of imidazole rings is 1. The minimum absolute atomic E-state index is 0.0683. The van der Waals surface area contributed by atoms with Crippen LogP contribution in [0.25, 0.3) is 22.4 Å². The minimum Gasteiger partial charge on any atom is -0.465 e. The van der Waals surface area contributed by atoms with Crippen LogP contribution in [0.2, 0.25) is 0 Å². The van der Waals surface area contributed by atoms with Gasteiger partial charge in [0.25, 0.3) is 0 Å². The number of nitriles is 1. The van der Waals surface area contributed by atoms with E-state index in [1.807, 2.05) is 30.3 Å². The Morgan fingerprint density at radius 2 is 1.90 bits per heavy atom. The van der Waals surface area contributed by atoms with Gasteiger partial charge in [0.05, 0.1) is 28.4 Å². The number of aryl methyl sites for hydroxylation is 1. The normalized spacial score (nSPS) is 21.6. The van der Waals surface area contributed by atoms with Gasteiger partial charge in [0.2, 0.25) is 0 Å². The first kappa shape index (κ1) is 26.9. The Labute approximate surface area is 229 Å². The molecule has 2 aliphatic rings. The Hall–Kier alpha value is -3.64.